The molecule has 0 aromatic rings. The lowest BCUT2D eigenvalue weighted by molar-refractivity contribution is -0.150. The lowest BCUT2D eigenvalue weighted by Crippen LogP contribution is -2.64. The summed E-state index contributed by atoms with van der Waals surface area (Å²) in [6.07, 6.45) is 9.06. The van der Waals surface area contributed by atoms with E-state index in [0.29, 0.717) is 18.3 Å². The minimum Gasteiger partial charge on any atom is -0.342 e. The molecule has 1 aliphatic carbocycles. The monoisotopic (exact) mass is 292 g/mol. The Morgan fingerprint density at radius 3 is 2.67 bits per heavy atom. The molecule has 1 aliphatic heterocycles. The van der Waals surface area contributed by atoms with Crippen LogP contribution in [-0.4, -0.2) is 35.3 Å². The number of hydrogen-bond donors (Lipinski definition) is 1. The fourth-order valence-electron chi connectivity index (χ4n) is 3.38. The predicted octanol–water partition coefficient (Wildman–Crippen LogP) is 2.49. The zero-order chi connectivity index (χ0) is 15.4. The Kier molecular flexibility index (Phi) is 5.43. The van der Waals surface area contributed by atoms with Crippen LogP contribution in [0.25, 0.3) is 0 Å². The number of rotatable bonds is 5. The van der Waals surface area contributed by atoms with Crippen molar-refractivity contribution in [3.05, 3.63) is 12.2 Å². The smallest absolute Gasteiger partial charge is 0.245 e. The predicted molar refractivity (Wildman–Crippen MR) is 83.7 cm³/mol. The second-order valence-electron chi connectivity index (χ2n) is 6.76. The number of amides is 2. The van der Waals surface area contributed by atoms with Crippen LogP contribution in [0.3, 0.4) is 0 Å². The SMILES string of the molecule is CCC1C(=O)NC(CC(C)C)C(=O)N1CC1CC=CCC1. The van der Waals surface area contributed by atoms with Crippen LogP contribution >= 0.6 is 0 Å². The van der Waals surface area contributed by atoms with Gasteiger partial charge in [-0.2, -0.15) is 0 Å². The highest BCUT2D eigenvalue weighted by Gasteiger charge is 2.40. The molecule has 1 heterocycles. The van der Waals surface area contributed by atoms with Gasteiger partial charge in [0.15, 0.2) is 0 Å². The summed E-state index contributed by atoms with van der Waals surface area (Å²) >= 11 is 0. The first-order valence-electron chi connectivity index (χ1n) is 8.28. The maximum Gasteiger partial charge on any atom is 0.245 e. The maximum atomic E-state index is 12.7. The second kappa shape index (κ2) is 7.10. The molecule has 2 rings (SSSR count). The van der Waals surface area contributed by atoms with Gasteiger partial charge in [-0.15, -0.1) is 0 Å². The Bertz CT molecular complexity index is 417. The Morgan fingerprint density at radius 1 is 1.33 bits per heavy atom. The summed E-state index contributed by atoms with van der Waals surface area (Å²) in [7, 11) is 0. The van der Waals surface area contributed by atoms with Crippen molar-refractivity contribution in [2.75, 3.05) is 6.54 Å². The summed E-state index contributed by atoms with van der Waals surface area (Å²) in [5.74, 6) is 1.04. The van der Waals surface area contributed by atoms with Gasteiger partial charge in [0.2, 0.25) is 11.8 Å². The van der Waals surface area contributed by atoms with Crippen molar-refractivity contribution in [1.82, 2.24) is 10.2 Å². The van der Waals surface area contributed by atoms with Crippen LogP contribution in [0, 0.1) is 11.8 Å². The number of piperazine rings is 1. The first-order chi connectivity index (χ1) is 10.0. The molecule has 2 aliphatic rings. The van der Waals surface area contributed by atoms with E-state index in [1.165, 1.54) is 0 Å². The average molecular weight is 292 g/mol. The van der Waals surface area contributed by atoms with Gasteiger partial charge < -0.3 is 10.2 Å². The topological polar surface area (TPSA) is 49.4 Å². The van der Waals surface area contributed by atoms with E-state index in [1.54, 1.807) is 0 Å². The molecule has 118 valence electrons. The van der Waals surface area contributed by atoms with Crippen LogP contribution in [0.4, 0.5) is 0 Å². The number of allylic oxidation sites excluding steroid dienone is 2. The highest BCUT2D eigenvalue weighted by atomic mass is 16.2. The van der Waals surface area contributed by atoms with Gasteiger partial charge in [0.25, 0.3) is 0 Å². The molecule has 3 unspecified atom stereocenters. The zero-order valence-corrected chi connectivity index (χ0v) is 13.5. The first kappa shape index (κ1) is 16.1. The Hall–Kier alpha value is -1.32. The molecule has 1 N–H and O–H groups in total. The third-order valence-corrected chi connectivity index (χ3v) is 4.50. The quantitative estimate of drug-likeness (QED) is 0.792. The van der Waals surface area contributed by atoms with Crippen LogP contribution in [-0.2, 0) is 9.59 Å². The van der Waals surface area contributed by atoms with Gasteiger partial charge in [0.05, 0.1) is 0 Å². The van der Waals surface area contributed by atoms with Crippen molar-refractivity contribution in [2.24, 2.45) is 11.8 Å². The van der Waals surface area contributed by atoms with Crippen molar-refractivity contribution < 1.29 is 9.59 Å². The minimum atomic E-state index is -0.334. The molecule has 0 aromatic heterocycles. The van der Waals surface area contributed by atoms with Crippen molar-refractivity contribution in [2.45, 2.75) is 65.0 Å². The summed E-state index contributed by atoms with van der Waals surface area (Å²) in [5.41, 5.74) is 0. The van der Waals surface area contributed by atoms with Crippen LogP contribution in [0.2, 0.25) is 0 Å². The van der Waals surface area contributed by atoms with E-state index in [-0.39, 0.29) is 23.9 Å². The van der Waals surface area contributed by atoms with Crippen molar-refractivity contribution in [3.63, 3.8) is 0 Å². The molecule has 3 atom stereocenters. The fourth-order valence-corrected chi connectivity index (χ4v) is 3.38. The van der Waals surface area contributed by atoms with Crippen LogP contribution in [0.1, 0.15) is 52.9 Å². The Balaban J connectivity index is 2.10. The summed E-state index contributed by atoms with van der Waals surface area (Å²) in [6, 6.07) is -0.619. The van der Waals surface area contributed by atoms with E-state index in [1.807, 2.05) is 11.8 Å². The summed E-state index contributed by atoms with van der Waals surface area (Å²) < 4.78 is 0. The summed E-state index contributed by atoms with van der Waals surface area (Å²) in [4.78, 5) is 26.9. The molecule has 1 saturated heterocycles. The Labute approximate surface area is 128 Å². The molecule has 4 nitrogen and oxygen atoms in total. The number of nitrogens with one attached hydrogen (secondary N) is 1. The highest BCUT2D eigenvalue weighted by molar-refractivity contribution is 5.96. The highest BCUT2D eigenvalue weighted by Crippen LogP contribution is 2.24. The van der Waals surface area contributed by atoms with E-state index in [2.05, 4.69) is 31.3 Å². The third-order valence-electron chi connectivity index (χ3n) is 4.50. The maximum absolute atomic E-state index is 12.7. The van der Waals surface area contributed by atoms with Gasteiger partial charge >= 0.3 is 0 Å². The molecule has 0 bridgehead atoms. The summed E-state index contributed by atoms with van der Waals surface area (Å²) in [6.45, 7) is 6.88. The number of nitrogens with zero attached hydrogens (tertiary/aromatic N) is 1. The standard InChI is InChI=1S/C17H28N2O2/c1-4-15-16(20)18-14(10-12(2)3)17(21)19(15)11-13-8-6-5-7-9-13/h5-6,12-15H,4,7-11H2,1-3H3,(H,18,20). The molecular weight excluding hydrogens is 264 g/mol. The minimum absolute atomic E-state index is 0.0223. The van der Waals surface area contributed by atoms with Gasteiger partial charge in [-0.3, -0.25) is 9.59 Å². The molecular formula is C17H28N2O2. The van der Waals surface area contributed by atoms with Crippen LogP contribution in [0.5, 0.6) is 0 Å². The second-order valence-corrected chi connectivity index (χ2v) is 6.76. The average Bonchev–Trinajstić information content (AvgIpc) is 2.45. The van der Waals surface area contributed by atoms with E-state index >= 15 is 0 Å². The first-order valence-corrected chi connectivity index (χ1v) is 8.28. The number of carbonyl (C=O) groups excluding carboxylic acids is 2. The summed E-state index contributed by atoms with van der Waals surface area (Å²) in [5, 5.41) is 2.92. The molecule has 1 fully saturated rings. The number of hydrogen-bond acceptors (Lipinski definition) is 2. The molecule has 0 radical (unpaired) electrons. The van der Waals surface area contributed by atoms with E-state index < -0.39 is 0 Å². The molecule has 0 aromatic carbocycles. The molecule has 0 spiro atoms. The van der Waals surface area contributed by atoms with Gasteiger partial charge in [0.1, 0.15) is 12.1 Å². The molecule has 0 saturated carbocycles. The van der Waals surface area contributed by atoms with Crippen molar-refractivity contribution >= 4 is 11.8 Å². The van der Waals surface area contributed by atoms with Crippen molar-refractivity contribution in [3.8, 4) is 0 Å². The lowest BCUT2D eigenvalue weighted by Gasteiger charge is -2.41. The lowest BCUT2D eigenvalue weighted by atomic mass is 9.91. The van der Waals surface area contributed by atoms with Gasteiger partial charge in [-0.05, 0) is 43.9 Å². The Morgan fingerprint density at radius 2 is 2.10 bits per heavy atom. The number of carbonyl (C=O) groups is 2. The molecule has 4 heteroatoms. The van der Waals surface area contributed by atoms with Gasteiger partial charge in [-0.25, -0.2) is 0 Å². The van der Waals surface area contributed by atoms with Crippen LogP contribution in [0.15, 0.2) is 12.2 Å². The zero-order valence-electron chi connectivity index (χ0n) is 13.5. The van der Waals surface area contributed by atoms with Crippen LogP contribution < -0.4 is 5.32 Å². The largest absolute Gasteiger partial charge is 0.342 e. The fraction of sp³-hybridized carbons (Fsp3) is 0.765. The molecule has 21 heavy (non-hydrogen) atoms. The van der Waals surface area contributed by atoms with Crippen molar-refractivity contribution in [1.29, 1.82) is 0 Å². The normalized spacial score (nSPS) is 29.9. The van der Waals surface area contributed by atoms with E-state index in [4.69, 9.17) is 0 Å². The van der Waals surface area contributed by atoms with Gasteiger partial charge in [0, 0.05) is 6.54 Å². The van der Waals surface area contributed by atoms with Gasteiger partial charge in [-0.1, -0.05) is 32.9 Å². The van der Waals surface area contributed by atoms with E-state index in [0.717, 1.165) is 32.2 Å². The van der Waals surface area contributed by atoms with E-state index in [9.17, 15) is 9.59 Å². The molecule has 2 amide bonds. The third kappa shape index (κ3) is 3.86.